The Bertz CT molecular complexity index is 374. The second-order valence-corrected chi connectivity index (χ2v) is 3.87. The van der Waals surface area contributed by atoms with Crippen LogP contribution in [0.1, 0.15) is 0 Å². The van der Waals surface area contributed by atoms with Crippen LogP contribution in [0.25, 0.3) is 10.8 Å². The van der Waals surface area contributed by atoms with Gasteiger partial charge in [0.15, 0.2) is 0 Å². The maximum atomic E-state index is 2.17. The van der Waals surface area contributed by atoms with Crippen molar-refractivity contribution < 1.29 is 0 Å². The van der Waals surface area contributed by atoms with Crippen LogP contribution in [0.4, 0.5) is 0 Å². The zero-order valence-electron chi connectivity index (χ0n) is 5.99. The van der Waals surface area contributed by atoms with E-state index in [-0.39, 0.29) is 0 Å². The number of fused-ring (bicyclic) bond motifs is 1. The third-order valence-corrected chi connectivity index (χ3v) is 2.88. The Morgan fingerprint density at radius 3 is 2.36 bits per heavy atom. The summed E-state index contributed by atoms with van der Waals surface area (Å²) in [5.41, 5.74) is 0. The van der Waals surface area contributed by atoms with Crippen LogP contribution in [0.5, 0.6) is 0 Å². The third kappa shape index (κ3) is 1.28. The average molecular weight is 249 g/mol. The van der Waals surface area contributed by atoms with Gasteiger partial charge in [0.1, 0.15) is 0 Å². The van der Waals surface area contributed by atoms with Crippen molar-refractivity contribution in [2.24, 2.45) is 0 Å². The van der Waals surface area contributed by atoms with Crippen LogP contribution in [0.2, 0.25) is 0 Å². The van der Waals surface area contributed by atoms with Gasteiger partial charge in [-0.05, 0) is 0 Å². The van der Waals surface area contributed by atoms with E-state index in [2.05, 4.69) is 42.5 Å². The van der Waals surface area contributed by atoms with Crippen molar-refractivity contribution in [3.63, 3.8) is 0 Å². The van der Waals surface area contributed by atoms with Gasteiger partial charge in [0, 0.05) is 0 Å². The topological polar surface area (TPSA) is 0 Å². The molecule has 1 heteroatoms. The van der Waals surface area contributed by atoms with Gasteiger partial charge in [-0.1, -0.05) is 0 Å². The molecule has 0 aliphatic rings. The minimum atomic E-state index is 1.34. The molecule has 0 N–H and O–H groups in total. The third-order valence-electron chi connectivity index (χ3n) is 1.77. The van der Waals surface area contributed by atoms with Gasteiger partial charge in [-0.15, -0.1) is 0 Å². The Hall–Kier alpha value is -0.482. The Morgan fingerprint density at radius 2 is 1.55 bits per heavy atom. The summed E-state index contributed by atoms with van der Waals surface area (Å²) in [7, 11) is 0. The number of rotatable bonds is 0. The summed E-state index contributed by atoms with van der Waals surface area (Å²) >= 11 is 1.78. The standard InChI is InChI=1S/C10H7.Sb/c1-2-6-10-8-4-3-7-9(10)5-1;/h1-7H;. The first kappa shape index (κ1) is 7.18. The molecule has 0 bridgehead atoms. The van der Waals surface area contributed by atoms with E-state index in [1.165, 1.54) is 14.3 Å². The number of hydrogen-bond acceptors (Lipinski definition) is 0. The molecular weight excluding hydrogens is 242 g/mol. The summed E-state index contributed by atoms with van der Waals surface area (Å²) in [6.45, 7) is 0. The zero-order chi connectivity index (χ0) is 7.68. The molecule has 0 nitrogen and oxygen atoms in total. The van der Waals surface area contributed by atoms with E-state index >= 15 is 0 Å². The summed E-state index contributed by atoms with van der Waals surface area (Å²) in [6, 6.07) is 14.9. The van der Waals surface area contributed by atoms with E-state index in [4.69, 9.17) is 0 Å². The number of benzene rings is 2. The second-order valence-electron chi connectivity index (χ2n) is 2.50. The summed E-state index contributed by atoms with van der Waals surface area (Å²) in [5.74, 6) is 0. The van der Waals surface area contributed by atoms with Crippen LogP contribution >= 0.6 is 0 Å². The molecule has 0 unspecified atom stereocenters. The quantitative estimate of drug-likeness (QED) is 0.622. The maximum absolute atomic E-state index is 2.17. The molecule has 2 aromatic rings. The van der Waals surface area contributed by atoms with E-state index < -0.39 is 0 Å². The molecule has 0 spiro atoms. The first-order valence-electron chi connectivity index (χ1n) is 3.54. The molecule has 0 heterocycles. The van der Waals surface area contributed by atoms with Gasteiger partial charge in [0.25, 0.3) is 0 Å². The van der Waals surface area contributed by atoms with Crippen molar-refractivity contribution in [1.29, 1.82) is 0 Å². The predicted molar refractivity (Wildman–Crippen MR) is 49.3 cm³/mol. The molecule has 0 aromatic heterocycles. The van der Waals surface area contributed by atoms with Crippen molar-refractivity contribution in [1.82, 2.24) is 0 Å². The fourth-order valence-corrected chi connectivity index (χ4v) is 2.04. The van der Waals surface area contributed by atoms with Gasteiger partial charge < -0.3 is 0 Å². The van der Waals surface area contributed by atoms with E-state index in [0.29, 0.717) is 0 Å². The molecule has 52 valence electrons. The normalized spacial score (nSPS) is 10.3. The van der Waals surface area contributed by atoms with Crippen molar-refractivity contribution in [3.05, 3.63) is 42.5 Å². The fourth-order valence-electron chi connectivity index (χ4n) is 1.21. The van der Waals surface area contributed by atoms with Crippen LogP contribution in [-0.2, 0) is 0 Å². The second kappa shape index (κ2) is 2.87. The van der Waals surface area contributed by atoms with Crippen molar-refractivity contribution in [3.8, 4) is 0 Å². The van der Waals surface area contributed by atoms with E-state index in [0.717, 1.165) is 0 Å². The van der Waals surface area contributed by atoms with Gasteiger partial charge in [-0.3, -0.25) is 0 Å². The van der Waals surface area contributed by atoms with Gasteiger partial charge in [0.2, 0.25) is 0 Å². The average Bonchev–Trinajstić information content (AvgIpc) is 2.06. The molecular formula is C10H7Sb. The van der Waals surface area contributed by atoms with E-state index in [1.807, 2.05) is 0 Å². The number of hydrogen-bond donors (Lipinski definition) is 0. The molecule has 0 aliphatic heterocycles. The van der Waals surface area contributed by atoms with E-state index in [9.17, 15) is 0 Å². The van der Waals surface area contributed by atoms with Gasteiger partial charge in [-0.2, -0.15) is 0 Å². The molecule has 2 aromatic carbocycles. The Morgan fingerprint density at radius 1 is 0.818 bits per heavy atom. The summed E-state index contributed by atoms with van der Waals surface area (Å²) in [4.78, 5) is 0. The summed E-state index contributed by atoms with van der Waals surface area (Å²) in [5, 5.41) is 2.72. The van der Waals surface area contributed by atoms with Gasteiger partial charge in [0.05, 0.1) is 0 Å². The minimum absolute atomic E-state index is 1.34. The van der Waals surface area contributed by atoms with Crippen molar-refractivity contribution >= 4 is 37.3 Å². The zero-order valence-corrected chi connectivity index (χ0v) is 8.54. The van der Waals surface area contributed by atoms with Crippen molar-refractivity contribution in [2.45, 2.75) is 0 Å². The van der Waals surface area contributed by atoms with Crippen LogP contribution < -0.4 is 3.51 Å². The molecule has 0 amide bonds. The van der Waals surface area contributed by atoms with Crippen LogP contribution in [-0.4, -0.2) is 23.0 Å². The van der Waals surface area contributed by atoms with Crippen LogP contribution in [0, 0.1) is 0 Å². The molecule has 0 atom stereocenters. The molecule has 0 saturated carbocycles. The molecule has 0 saturated heterocycles. The van der Waals surface area contributed by atoms with Crippen LogP contribution in [0.15, 0.2) is 42.5 Å². The van der Waals surface area contributed by atoms with Crippen molar-refractivity contribution in [2.75, 3.05) is 0 Å². The predicted octanol–water partition coefficient (Wildman–Crippen LogP) is 1.63. The molecule has 2 radical (unpaired) electrons. The Balaban J connectivity index is 2.91. The monoisotopic (exact) mass is 248 g/mol. The SMILES string of the molecule is [Sb][c]1cccc2ccccc12. The molecule has 0 aliphatic carbocycles. The first-order chi connectivity index (χ1) is 5.38. The first-order valence-corrected chi connectivity index (χ1v) is 4.82. The molecule has 11 heavy (non-hydrogen) atoms. The summed E-state index contributed by atoms with van der Waals surface area (Å²) < 4.78 is 1.40. The van der Waals surface area contributed by atoms with Crippen LogP contribution in [0.3, 0.4) is 0 Å². The van der Waals surface area contributed by atoms with Gasteiger partial charge in [-0.25, -0.2) is 0 Å². The van der Waals surface area contributed by atoms with E-state index in [1.54, 1.807) is 23.0 Å². The molecule has 0 fully saturated rings. The summed E-state index contributed by atoms with van der Waals surface area (Å²) in [6.07, 6.45) is 0. The Labute approximate surface area is 79.7 Å². The fraction of sp³-hybridized carbons (Fsp3) is 0. The Kier molecular flexibility index (Phi) is 1.87. The van der Waals surface area contributed by atoms with Gasteiger partial charge >= 0.3 is 79.8 Å². The molecule has 2 rings (SSSR count).